The summed E-state index contributed by atoms with van der Waals surface area (Å²) >= 11 is 0. The minimum absolute atomic E-state index is 0.00467. The first-order chi connectivity index (χ1) is 39.7. The lowest BCUT2D eigenvalue weighted by Crippen LogP contribution is -2.51. The van der Waals surface area contributed by atoms with Crippen LogP contribution in [0.1, 0.15) is 75.3 Å². The van der Waals surface area contributed by atoms with Gasteiger partial charge in [0.25, 0.3) is 20.0 Å². The van der Waals surface area contributed by atoms with Crippen LogP contribution in [0.15, 0.2) is 119 Å². The molecule has 0 spiro atoms. The van der Waals surface area contributed by atoms with Crippen molar-refractivity contribution in [1.82, 2.24) is 19.6 Å². The quantitative estimate of drug-likeness (QED) is 0.0583. The van der Waals surface area contributed by atoms with Gasteiger partial charge >= 0.3 is 12.2 Å². The topological polar surface area (TPSA) is 266 Å². The van der Waals surface area contributed by atoms with Crippen molar-refractivity contribution in [3.63, 3.8) is 0 Å². The number of alkyl carbamates (subject to hydrolysis) is 2. The molecule has 0 unspecified atom stereocenters. The van der Waals surface area contributed by atoms with Crippen LogP contribution in [0.4, 0.5) is 9.59 Å². The maximum atomic E-state index is 13.7. The Labute approximate surface area is 479 Å². The summed E-state index contributed by atoms with van der Waals surface area (Å²) in [5, 5.41) is 28.4. The number of ether oxygens (including phenoxy) is 8. The lowest BCUT2D eigenvalue weighted by molar-refractivity contribution is -0.145. The number of aliphatic hydroxyl groups is 2. The highest BCUT2D eigenvalue weighted by atomic mass is 32.2. The van der Waals surface area contributed by atoms with Gasteiger partial charge in [-0.15, -0.1) is 0 Å². The van der Waals surface area contributed by atoms with E-state index in [0.29, 0.717) is 24.7 Å². The zero-order valence-electron chi connectivity index (χ0n) is 46.2. The number of nitrogens with zero attached hydrogens (tertiary/aromatic N) is 2. The second-order valence-corrected chi connectivity index (χ2v) is 25.0. The number of methoxy groups -OCH3 is 2. The lowest BCUT2D eigenvalue weighted by Gasteiger charge is -2.31. The van der Waals surface area contributed by atoms with E-state index < -0.39 is 81.8 Å². The van der Waals surface area contributed by atoms with Crippen molar-refractivity contribution in [1.29, 1.82) is 0 Å². The summed E-state index contributed by atoms with van der Waals surface area (Å²) in [7, 11) is -5.30. The van der Waals surface area contributed by atoms with Gasteiger partial charge in [-0.05, 0) is 111 Å². The number of fused-ring (bicyclic) bond motifs is 2. The number of carbonyl (C=O) groups excluding carboxylic acids is 2. The summed E-state index contributed by atoms with van der Waals surface area (Å²) < 4.78 is 100. The van der Waals surface area contributed by atoms with E-state index in [0.717, 1.165) is 84.3 Å². The number of hydrogen-bond acceptors (Lipinski definition) is 18. The second kappa shape index (κ2) is 28.9. The Morgan fingerprint density at radius 2 is 0.902 bits per heavy atom. The van der Waals surface area contributed by atoms with E-state index in [4.69, 9.17) is 47.6 Å². The minimum Gasteiger partial charge on any atom is -0.497 e. The van der Waals surface area contributed by atoms with Crippen LogP contribution in [-0.4, -0.2) is 163 Å². The van der Waals surface area contributed by atoms with Gasteiger partial charge < -0.3 is 58.7 Å². The van der Waals surface area contributed by atoms with Crippen molar-refractivity contribution in [2.45, 2.75) is 148 Å². The highest BCUT2D eigenvalue weighted by molar-refractivity contribution is 7.89. The lowest BCUT2D eigenvalue weighted by atomic mass is 10.0. The van der Waals surface area contributed by atoms with Crippen molar-refractivity contribution in [3.8, 4) is 11.5 Å². The normalized spacial score (nSPS) is 24.2. The molecule has 10 atom stereocenters. The predicted octanol–water partition coefficient (Wildman–Crippen LogP) is 6.04. The van der Waals surface area contributed by atoms with Crippen LogP contribution in [-0.2, 0) is 71.0 Å². The fourth-order valence-corrected chi connectivity index (χ4v) is 13.6. The largest absolute Gasteiger partial charge is 0.497 e. The minimum atomic E-state index is -4.15. The molecule has 4 aromatic rings. The number of nitrogens with one attached hydrogen (secondary N) is 2. The summed E-state index contributed by atoms with van der Waals surface area (Å²) in [6.07, 6.45) is 2.26. The molecule has 6 fully saturated rings. The molecule has 4 heterocycles. The zero-order chi connectivity index (χ0) is 57.6. The first kappa shape index (κ1) is 61.1. The third kappa shape index (κ3) is 16.0. The Morgan fingerprint density at radius 3 is 1.26 bits per heavy atom. The highest BCUT2D eigenvalue weighted by Gasteiger charge is 2.46. The number of sulfonamides is 2. The highest BCUT2D eigenvalue weighted by Crippen LogP contribution is 2.35. The number of hydrogen-bond donors (Lipinski definition) is 4. The van der Waals surface area contributed by atoms with Gasteiger partial charge in [0.2, 0.25) is 0 Å². The Bertz CT molecular complexity index is 2670. The standard InChI is InChI=1S/2C29H38N2O9S/c2*1-36-21-11-13-23(14-12-21)41(34,35)31(40-22-9-5-6-10-22)18-26(32)25(17-20-7-3-2-4-8-20)30-29(33)39-27-19-38-28-24(27)15-16-37-28/h2*2-4,7-8,11-14,22,24-28,32H,5-6,9-10,15-19H2,1H3,(H,30,33)/t24-,25+,26-,27-,28+;24-,25-,26+,27-,28+/m10/s1. The van der Waals surface area contributed by atoms with E-state index in [2.05, 4.69) is 10.6 Å². The van der Waals surface area contributed by atoms with Gasteiger partial charge in [-0.1, -0.05) is 95.3 Å². The van der Waals surface area contributed by atoms with Crippen molar-refractivity contribution in [2.24, 2.45) is 11.8 Å². The molecule has 0 bridgehead atoms. The number of rotatable bonds is 24. The molecular weight excluding hydrogens is 1100 g/mol. The van der Waals surface area contributed by atoms with Crippen LogP contribution in [0.3, 0.4) is 0 Å². The molecule has 0 aromatic heterocycles. The summed E-state index contributed by atoms with van der Waals surface area (Å²) in [4.78, 5) is 38.0. The molecule has 22 nitrogen and oxygen atoms in total. The number of aliphatic hydroxyl groups excluding tert-OH is 2. The van der Waals surface area contributed by atoms with Gasteiger partial charge in [-0.3, -0.25) is 9.68 Å². The maximum Gasteiger partial charge on any atom is 0.407 e. The summed E-state index contributed by atoms with van der Waals surface area (Å²) in [5.74, 6) is 0.952. The fraction of sp³-hybridized carbons (Fsp3) is 0.552. The second-order valence-electron chi connectivity index (χ2n) is 21.3. The number of amides is 2. The van der Waals surface area contributed by atoms with Gasteiger partial charge in [0.1, 0.15) is 23.7 Å². The van der Waals surface area contributed by atoms with E-state index >= 15 is 0 Å². The average molecular weight is 1180 g/mol. The van der Waals surface area contributed by atoms with E-state index in [9.17, 15) is 36.6 Å². The van der Waals surface area contributed by atoms with Crippen molar-refractivity contribution >= 4 is 32.2 Å². The van der Waals surface area contributed by atoms with Crippen LogP contribution >= 0.6 is 0 Å². The maximum absolute atomic E-state index is 13.7. The van der Waals surface area contributed by atoms with Gasteiger partial charge in [0.05, 0.1) is 112 Å². The predicted molar refractivity (Wildman–Crippen MR) is 295 cm³/mol. The van der Waals surface area contributed by atoms with Crippen LogP contribution in [0.25, 0.3) is 0 Å². The van der Waals surface area contributed by atoms with Crippen LogP contribution < -0.4 is 20.1 Å². The molecule has 2 aliphatic carbocycles. The molecule has 4 aliphatic heterocycles. The Kier molecular flexibility index (Phi) is 21.5. The molecule has 82 heavy (non-hydrogen) atoms. The van der Waals surface area contributed by atoms with Crippen LogP contribution in [0.2, 0.25) is 0 Å². The number of benzene rings is 4. The molecule has 2 saturated carbocycles. The van der Waals surface area contributed by atoms with E-state index in [1.165, 1.54) is 38.5 Å². The monoisotopic (exact) mass is 1180 g/mol. The molecule has 0 radical (unpaired) electrons. The average Bonchev–Trinajstić information content (AvgIpc) is 4.42. The first-order valence-corrected chi connectivity index (χ1v) is 31.1. The summed E-state index contributed by atoms with van der Waals surface area (Å²) in [6, 6.07) is 28.9. The third-order valence-corrected chi connectivity index (χ3v) is 19.0. The van der Waals surface area contributed by atoms with E-state index in [1.54, 1.807) is 24.3 Å². The molecule has 4 aromatic carbocycles. The van der Waals surface area contributed by atoms with Gasteiger partial charge in [0, 0.05) is 0 Å². The smallest absolute Gasteiger partial charge is 0.407 e. The van der Waals surface area contributed by atoms with Gasteiger partial charge in [-0.2, -0.15) is 0 Å². The fourth-order valence-electron chi connectivity index (χ4n) is 11.0. The molecule has 6 aliphatic rings. The number of hydroxylamine groups is 2. The summed E-state index contributed by atoms with van der Waals surface area (Å²) in [6.45, 7) is 0.772. The van der Waals surface area contributed by atoms with Gasteiger partial charge in [0.15, 0.2) is 12.6 Å². The third-order valence-electron chi connectivity index (χ3n) is 15.7. The first-order valence-electron chi connectivity index (χ1n) is 28.2. The SMILES string of the molecule is COc1ccc(S(=O)(=O)N(C[C@@H](O)[C@H](Cc2ccccc2)NC(=O)O[C@@H]2CO[C@@H]3OCC[C@@H]32)OC2CCCC2)cc1.COc1ccc(S(=O)(=O)N(C[C@@H](O)[C@H](Cc2ccccc2)NC(=O)O[C@H]2CO[C@H]3OCC[C@H]32)OC2CCCC2)cc1. The van der Waals surface area contributed by atoms with Gasteiger partial charge in [-0.25, -0.2) is 26.4 Å². The Morgan fingerprint density at radius 1 is 0.537 bits per heavy atom. The summed E-state index contributed by atoms with van der Waals surface area (Å²) in [5.41, 5.74) is 1.71. The molecule has 10 rings (SSSR count). The molecular formula is C58H76N4O18S2. The zero-order valence-corrected chi connectivity index (χ0v) is 47.8. The van der Waals surface area contributed by atoms with Crippen LogP contribution in [0.5, 0.6) is 11.5 Å². The van der Waals surface area contributed by atoms with E-state index in [1.807, 2.05) is 60.7 Å². The molecule has 448 valence electrons. The molecule has 4 N–H and O–H groups in total. The Hall–Kier alpha value is -5.48. The molecule has 2 amide bonds. The molecule has 4 saturated heterocycles. The van der Waals surface area contributed by atoms with Crippen molar-refractivity contribution in [2.75, 3.05) is 53.7 Å². The van der Waals surface area contributed by atoms with E-state index in [-0.39, 0.29) is 72.5 Å². The molecule has 24 heteroatoms. The van der Waals surface area contributed by atoms with Crippen molar-refractivity contribution in [3.05, 3.63) is 120 Å². The Balaban J connectivity index is 0.000000198. The van der Waals surface area contributed by atoms with Crippen molar-refractivity contribution < 1.29 is 84.2 Å². The number of carbonyl (C=O) groups is 2. The van der Waals surface area contributed by atoms with Crippen LogP contribution in [0, 0.1) is 11.8 Å².